The van der Waals surface area contributed by atoms with Gasteiger partial charge in [-0.15, -0.1) is 16.4 Å². The zero-order valence-electron chi connectivity index (χ0n) is 12.9. The van der Waals surface area contributed by atoms with Gasteiger partial charge >= 0.3 is 0 Å². The number of nitrogens with zero attached hydrogens (tertiary/aromatic N) is 3. The van der Waals surface area contributed by atoms with Crippen molar-refractivity contribution in [3.63, 3.8) is 0 Å². The van der Waals surface area contributed by atoms with Crippen LogP contribution in [-0.4, -0.2) is 40.1 Å². The van der Waals surface area contributed by atoms with Gasteiger partial charge < -0.3 is 10.2 Å². The van der Waals surface area contributed by atoms with E-state index < -0.39 is 0 Å². The van der Waals surface area contributed by atoms with E-state index in [1.165, 1.54) is 18.4 Å². The van der Waals surface area contributed by atoms with Crippen molar-refractivity contribution < 1.29 is 4.79 Å². The van der Waals surface area contributed by atoms with E-state index in [0.29, 0.717) is 12.0 Å². The summed E-state index contributed by atoms with van der Waals surface area (Å²) in [6.07, 6.45) is 6.05. The molecule has 5 nitrogen and oxygen atoms in total. The van der Waals surface area contributed by atoms with Crippen LogP contribution < -0.4 is 5.32 Å². The minimum Gasteiger partial charge on any atom is -0.366 e. The van der Waals surface area contributed by atoms with Gasteiger partial charge in [-0.25, -0.2) is 0 Å². The maximum Gasteiger partial charge on any atom is 0.264 e. The molecule has 4 rings (SSSR count). The summed E-state index contributed by atoms with van der Waals surface area (Å²) in [6.45, 7) is 1.61. The van der Waals surface area contributed by atoms with Crippen LogP contribution in [0.1, 0.15) is 46.8 Å². The number of hydrogen-bond acceptors (Lipinski definition) is 5. The average molecular weight is 328 g/mol. The van der Waals surface area contributed by atoms with Crippen molar-refractivity contribution in [2.24, 2.45) is 0 Å². The number of aromatic nitrogens is 2. The first-order valence-corrected chi connectivity index (χ1v) is 9.10. The molecule has 0 unspecified atom stereocenters. The minimum absolute atomic E-state index is 0.222. The molecule has 0 bridgehead atoms. The van der Waals surface area contributed by atoms with E-state index in [0.717, 1.165) is 36.6 Å². The number of amides is 1. The molecule has 2 fully saturated rings. The summed E-state index contributed by atoms with van der Waals surface area (Å²) < 4.78 is 0. The number of likely N-dealkylation sites (tertiary alicyclic amines) is 1. The van der Waals surface area contributed by atoms with E-state index in [4.69, 9.17) is 0 Å². The summed E-state index contributed by atoms with van der Waals surface area (Å²) in [4.78, 5) is 15.7. The second kappa shape index (κ2) is 6.28. The van der Waals surface area contributed by atoms with E-state index in [9.17, 15) is 4.79 Å². The Morgan fingerprint density at radius 1 is 1.22 bits per heavy atom. The fourth-order valence-corrected chi connectivity index (χ4v) is 4.12. The summed E-state index contributed by atoms with van der Waals surface area (Å²) in [6, 6.07) is 6.31. The highest BCUT2D eigenvalue weighted by Crippen LogP contribution is 2.43. The van der Waals surface area contributed by atoms with Crippen molar-refractivity contribution in [2.75, 3.05) is 18.4 Å². The van der Waals surface area contributed by atoms with Crippen LogP contribution in [0.3, 0.4) is 0 Å². The SMILES string of the molecule is O=C(c1sccc1C1CC1)N1CCC(Nc2cccnn2)CC1. The van der Waals surface area contributed by atoms with Crippen molar-refractivity contribution >= 4 is 23.1 Å². The van der Waals surface area contributed by atoms with E-state index in [-0.39, 0.29) is 5.91 Å². The van der Waals surface area contributed by atoms with Crippen molar-refractivity contribution in [2.45, 2.75) is 37.6 Å². The van der Waals surface area contributed by atoms with Gasteiger partial charge in [0.2, 0.25) is 0 Å². The van der Waals surface area contributed by atoms with Gasteiger partial charge in [0.05, 0.1) is 4.88 Å². The fraction of sp³-hybridized carbons (Fsp3) is 0.471. The summed E-state index contributed by atoms with van der Waals surface area (Å²) in [5, 5.41) is 13.4. The van der Waals surface area contributed by atoms with Crippen LogP contribution in [0.25, 0.3) is 0 Å². The van der Waals surface area contributed by atoms with Crippen molar-refractivity contribution in [3.05, 3.63) is 40.2 Å². The molecule has 1 aliphatic carbocycles. The Morgan fingerprint density at radius 2 is 2.04 bits per heavy atom. The first-order chi connectivity index (χ1) is 11.3. The van der Waals surface area contributed by atoms with Gasteiger partial charge in [0, 0.05) is 25.3 Å². The predicted octanol–water partition coefficient (Wildman–Crippen LogP) is 3.13. The lowest BCUT2D eigenvalue weighted by Gasteiger charge is -2.32. The zero-order chi connectivity index (χ0) is 15.6. The van der Waals surface area contributed by atoms with Crippen molar-refractivity contribution in [1.82, 2.24) is 15.1 Å². The third kappa shape index (κ3) is 3.22. The number of hydrogen-bond donors (Lipinski definition) is 1. The van der Waals surface area contributed by atoms with Gasteiger partial charge in [-0.2, -0.15) is 5.10 Å². The van der Waals surface area contributed by atoms with Crippen molar-refractivity contribution in [3.8, 4) is 0 Å². The number of nitrogens with one attached hydrogen (secondary N) is 1. The van der Waals surface area contributed by atoms with Gasteiger partial charge in [-0.1, -0.05) is 0 Å². The highest BCUT2D eigenvalue weighted by atomic mass is 32.1. The molecular weight excluding hydrogens is 308 g/mol. The first kappa shape index (κ1) is 14.6. The van der Waals surface area contributed by atoms with Crippen LogP contribution in [0.15, 0.2) is 29.8 Å². The average Bonchev–Trinajstić information content (AvgIpc) is 3.33. The number of rotatable bonds is 4. The quantitative estimate of drug-likeness (QED) is 0.937. The molecule has 0 atom stereocenters. The molecule has 1 amide bonds. The molecule has 1 saturated carbocycles. The highest BCUT2D eigenvalue weighted by molar-refractivity contribution is 7.12. The molecule has 3 heterocycles. The van der Waals surface area contributed by atoms with Crippen molar-refractivity contribution in [1.29, 1.82) is 0 Å². The normalized spacial score (nSPS) is 18.9. The summed E-state index contributed by atoms with van der Waals surface area (Å²) in [5.74, 6) is 1.67. The molecule has 6 heteroatoms. The van der Waals surface area contributed by atoms with Crippen LogP contribution >= 0.6 is 11.3 Å². The van der Waals surface area contributed by atoms with Crippen LogP contribution in [0.2, 0.25) is 0 Å². The van der Waals surface area contributed by atoms with E-state index in [2.05, 4.69) is 27.0 Å². The second-order valence-electron chi connectivity index (χ2n) is 6.30. The number of carbonyl (C=O) groups is 1. The number of piperidine rings is 1. The smallest absolute Gasteiger partial charge is 0.264 e. The maximum atomic E-state index is 12.8. The van der Waals surface area contributed by atoms with E-state index in [1.807, 2.05) is 17.0 Å². The van der Waals surface area contributed by atoms with E-state index >= 15 is 0 Å². The molecule has 2 aromatic heterocycles. The summed E-state index contributed by atoms with van der Waals surface area (Å²) in [5.41, 5.74) is 1.28. The minimum atomic E-state index is 0.222. The van der Waals surface area contributed by atoms with Crippen LogP contribution in [0, 0.1) is 0 Å². The lowest BCUT2D eigenvalue weighted by atomic mass is 10.0. The highest BCUT2D eigenvalue weighted by Gasteiger charge is 2.31. The lowest BCUT2D eigenvalue weighted by Crippen LogP contribution is -2.42. The Bertz CT molecular complexity index is 675. The molecular formula is C17H20N4OS. The maximum absolute atomic E-state index is 12.8. The Hall–Kier alpha value is -1.95. The van der Waals surface area contributed by atoms with Gasteiger partial charge in [-0.3, -0.25) is 4.79 Å². The third-order valence-corrected chi connectivity index (χ3v) is 5.53. The molecule has 1 aliphatic heterocycles. The standard InChI is InChI=1S/C17H20N4OS/c22-17(16-14(7-11-23-16)12-3-4-12)21-9-5-13(6-10-21)19-15-2-1-8-18-20-15/h1-2,7-8,11-13H,3-6,9-10H2,(H,19,20). The van der Waals surface area contributed by atoms with Gasteiger partial charge in [0.1, 0.15) is 5.82 Å². The van der Waals surface area contributed by atoms with Crippen LogP contribution in [0.5, 0.6) is 0 Å². The topological polar surface area (TPSA) is 58.1 Å². The number of carbonyl (C=O) groups excluding carboxylic acids is 1. The zero-order valence-corrected chi connectivity index (χ0v) is 13.8. The van der Waals surface area contributed by atoms with E-state index in [1.54, 1.807) is 17.5 Å². The molecule has 120 valence electrons. The largest absolute Gasteiger partial charge is 0.366 e. The molecule has 0 spiro atoms. The molecule has 2 aliphatic rings. The molecule has 2 aromatic rings. The Labute approximate surface area is 139 Å². The monoisotopic (exact) mass is 328 g/mol. The van der Waals surface area contributed by atoms with Gasteiger partial charge in [0.15, 0.2) is 0 Å². The lowest BCUT2D eigenvalue weighted by molar-refractivity contribution is 0.0722. The molecule has 0 aromatic carbocycles. The molecule has 23 heavy (non-hydrogen) atoms. The Balaban J connectivity index is 1.35. The van der Waals surface area contributed by atoms with Gasteiger partial charge in [0.25, 0.3) is 5.91 Å². The summed E-state index contributed by atoms with van der Waals surface area (Å²) in [7, 11) is 0. The van der Waals surface area contributed by atoms with Crippen LogP contribution in [-0.2, 0) is 0 Å². The first-order valence-electron chi connectivity index (χ1n) is 8.22. The number of thiophene rings is 1. The molecule has 0 radical (unpaired) electrons. The Morgan fingerprint density at radius 3 is 2.74 bits per heavy atom. The molecule has 1 saturated heterocycles. The van der Waals surface area contributed by atoms with Gasteiger partial charge in [-0.05, 0) is 60.7 Å². The Kier molecular flexibility index (Phi) is 3.99. The second-order valence-corrected chi connectivity index (χ2v) is 7.22. The number of anilines is 1. The predicted molar refractivity (Wildman–Crippen MR) is 90.9 cm³/mol. The van der Waals surface area contributed by atoms with Crippen LogP contribution in [0.4, 0.5) is 5.82 Å². The third-order valence-electron chi connectivity index (χ3n) is 4.61. The fourth-order valence-electron chi connectivity index (χ4n) is 3.17. The molecule has 1 N–H and O–H groups in total. The summed E-state index contributed by atoms with van der Waals surface area (Å²) >= 11 is 1.60.